The summed E-state index contributed by atoms with van der Waals surface area (Å²) in [6, 6.07) is 1.66. The zero-order valence-corrected chi connectivity index (χ0v) is 13.0. The van der Waals surface area contributed by atoms with Gasteiger partial charge in [-0.2, -0.15) is 0 Å². The Hall–Kier alpha value is -2.11. The number of fused-ring (bicyclic) bond motifs is 1. The van der Waals surface area contributed by atoms with Crippen molar-refractivity contribution in [3.8, 4) is 0 Å². The van der Waals surface area contributed by atoms with Crippen molar-refractivity contribution in [2.24, 2.45) is 5.41 Å². The Morgan fingerprint density at radius 3 is 2.64 bits per heavy atom. The van der Waals surface area contributed by atoms with Crippen molar-refractivity contribution in [1.29, 1.82) is 0 Å². The van der Waals surface area contributed by atoms with E-state index < -0.39 is 22.9 Å². The normalized spacial score (nSPS) is 14.8. The lowest BCUT2D eigenvalue weighted by Crippen LogP contribution is -2.40. The number of pyridine rings is 1. The van der Waals surface area contributed by atoms with E-state index in [2.05, 4.69) is 10.3 Å². The second-order valence-electron chi connectivity index (χ2n) is 6.45. The third kappa shape index (κ3) is 3.55. The number of carbonyl (C=O) groups is 2. The van der Waals surface area contributed by atoms with E-state index in [1.165, 1.54) is 13.8 Å². The number of aryl methyl sites for hydroxylation is 2. The van der Waals surface area contributed by atoms with Crippen molar-refractivity contribution in [1.82, 2.24) is 10.3 Å². The van der Waals surface area contributed by atoms with Gasteiger partial charge in [0, 0.05) is 12.2 Å². The lowest BCUT2D eigenvalue weighted by Gasteiger charge is -2.19. The molecule has 0 aliphatic heterocycles. The smallest absolute Gasteiger partial charge is 0.310 e. The van der Waals surface area contributed by atoms with Crippen LogP contribution in [0.3, 0.4) is 0 Å². The van der Waals surface area contributed by atoms with E-state index in [9.17, 15) is 14.4 Å². The number of carbonyl (C=O) groups excluding carboxylic acids is 1. The number of amides is 1. The Bertz CT molecular complexity index is 646. The Balaban J connectivity index is 2.18. The van der Waals surface area contributed by atoms with Crippen LogP contribution in [-0.2, 0) is 17.6 Å². The monoisotopic (exact) mass is 306 g/mol. The molecule has 0 bridgehead atoms. The summed E-state index contributed by atoms with van der Waals surface area (Å²) in [5, 5.41) is 11.6. The minimum Gasteiger partial charge on any atom is -0.481 e. The van der Waals surface area contributed by atoms with Crippen LogP contribution in [0.25, 0.3) is 0 Å². The highest BCUT2D eigenvalue weighted by molar-refractivity contribution is 5.94. The van der Waals surface area contributed by atoms with Crippen LogP contribution in [0.2, 0.25) is 0 Å². The maximum absolute atomic E-state index is 12.2. The van der Waals surface area contributed by atoms with Gasteiger partial charge < -0.3 is 15.4 Å². The first-order valence-corrected chi connectivity index (χ1v) is 7.58. The Morgan fingerprint density at radius 2 is 1.95 bits per heavy atom. The molecular formula is C16H22N2O4. The minimum absolute atomic E-state index is 0.0301. The van der Waals surface area contributed by atoms with Gasteiger partial charge in [-0.3, -0.25) is 14.4 Å². The molecule has 1 aliphatic carbocycles. The molecule has 1 aromatic heterocycles. The summed E-state index contributed by atoms with van der Waals surface area (Å²) in [7, 11) is 0. The van der Waals surface area contributed by atoms with Crippen molar-refractivity contribution in [2.45, 2.75) is 46.0 Å². The molecular weight excluding hydrogens is 284 g/mol. The van der Waals surface area contributed by atoms with E-state index in [0.717, 1.165) is 43.4 Å². The highest BCUT2D eigenvalue weighted by Crippen LogP contribution is 2.18. The van der Waals surface area contributed by atoms with Gasteiger partial charge in [0.1, 0.15) is 5.56 Å². The second-order valence-corrected chi connectivity index (χ2v) is 6.45. The largest absolute Gasteiger partial charge is 0.481 e. The number of aromatic nitrogens is 1. The van der Waals surface area contributed by atoms with Crippen molar-refractivity contribution in [3.05, 3.63) is 33.2 Å². The van der Waals surface area contributed by atoms with E-state index in [4.69, 9.17) is 5.11 Å². The molecule has 1 heterocycles. The molecule has 3 N–H and O–H groups in total. The molecule has 1 aliphatic rings. The van der Waals surface area contributed by atoms with E-state index in [1.54, 1.807) is 6.07 Å². The molecule has 0 fully saturated rings. The molecule has 2 rings (SSSR count). The number of hydrogen-bond acceptors (Lipinski definition) is 3. The van der Waals surface area contributed by atoms with Crippen LogP contribution in [-0.4, -0.2) is 28.5 Å². The predicted octanol–water partition coefficient (Wildman–Crippen LogP) is 1.48. The van der Waals surface area contributed by atoms with Crippen LogP contribution in [0.15, 0.2) is 10.9 Å². The molecule has 0 saturated heterocycles. The zero-order chi connectivity index (χ0) is 16.3. The van der Waals surface area contributed by atoms with Gasteiger partial charge in [0.05, 0.1) is 5.41 Å². The summed E-state index contributed by atoms with van der Waals surface area (Å²) < 4.78 is 0. The van der Waals surface area contributed by atoms with E-state index in [1.807, 2.05) is 0 Å². The summed E-state index contributed by atoms with van der Waals surface area (Å²) >= 11 is 0. The number of H-pyrrole nitrogens is 1. The number of carboxylic acid groups (broad SMARTS) is 1. The van der Waals surface area contributed by atoms with Crippen molar-refractivity contribution >= 4 is 11.9 Å². The number of aliphatic carboxylic acids is 1. The summed E-state index contributed by atoms with van der Waals surface area (Å²) in [4.78, 5) is 38.1. The van der Waals surface area contributed by atoms with E-state index in [0.29, 0.717) is 0 Å². The number of aromatic amines is 1. The van der Waals surface area contributed by atoms with Gasteiger partial charge in [0.25, 0.3) is 11.5 Å². The molecule has 6 nitrogen and oxygen atoms in total. The minimum atomic E-state index is -1.08. The molecule has 0 radical (unpaired) electrons. The molecule has 6 heteroatoms. The number of carboxylic acids is 1. The Kier molecular flexibility index (Phi) is 4.68. The quantitative estimate of drug-likeness (QED) is 0.734. The molecule has 0 spiro atoms. The van der Waals surface area contributed by atoms with Crippen LogP contribution >= 0.6 is 0 Å². The van der Waals surface area contributed by atoms with Gasteiger partial charge in [-0.25, -0.2) is 0 Å². The Morgan fingerprint density at radius 1 is 1.27 bits per heavy atom. The topological polar surface area (TPSA) is 99.3 Å². The second kappa shape index (κ2) is 6.34. The summed E-state index contributed by atoms with van der Waals surface area (Å²) in [6.07, 6.45) is 4.89. The fourth-order valence-corrected chi connectivity index (χ4v) is 2.49. The molecule has 1 amide bonds. The molecule has 1 aromatic rings. The predicted molar refractivity (Wildman–Crippen MR) is 82.1 cm³/mol. The van der Waals surface area contributed by atoms with Gasteiger partial charge in [-0.15, -0.1) is 0 Å². The van der Waals surface area contributed by atoms with Gasteiger partial charge >= 0.3 is 5.97 Å². The Labute approximate surface area is 128 Å². The van der Waals surface area contributed by atoms with Gasteiger partial charge in [-0.1, -0.05) is 6.42 Å². The molecule has 0 aromatic carbocycles. The van der Waals surface area contributed by atoms with Gasteiger partial charge in [0.2, 0.25) is 0 Å². The standard InChI is InChI=1S/C16H22N2O4/c1-16(2,15(21)22)9-17-13(19)11-8-10-6-4-3-5-7-12(10)18-14(11)20/h8H,3-7,9H2,1-2H3,(H,17,19)(H,18,20)(H,21,22). The highest BCUT2D eigenvalue weighted by Gasteiger charge is 2.28. The first-order valence-electron chi connectivity index (χ1n) is 7.58. The fourth-order valence-electron chi connectivity index (χ4n) is 2.49. The third-order valence-electron chi connectivity index (χ3n) is 4.10. The molecule has 0 atom stereocenters. The summed E-state index contributed by atoms with van der Waals surface area (Å²) in [5.41, 5.74) is 0.506. The van der Waals surface area contributed by atoms with Crippen LogP contribution in [0.4, 0.5) is 0 Å². The first-order chi connectivity index (χ1) is 10.3. The SMILES string of the molecule is CC(C)(CNC(=O)c1cc2c([nH]c1=O)CCCCC2)C(=O)O. The molecule has 120 valence electrons. The van der Waals surface area contributed by atoms with E-state index >= 15 is 0 Å². The van der Waals surface area contributed by atoms with Gasteiger partial charge in [-0.05, 0) is 51.2 Å². The summed E-state index contributed by atoms with van der Waals surface area (Å²) in [6.45, 7) is 3.02. The first kappa shape index (κ1) is 16.3. The van der Waals surface area contributed by atoms with Crippen molar-refractivity contribution < 1.29 is 14.7 Å². The molecule has 22 heavy (non-hydrogen) atoms. The highest BCUT2D eigenvalue weighted by atomic mass is 16.4. The van der Waals surface area contributed by atoms with Crippen molar-refractivity contribution in [2.75, 3.05) is 6.54 Å². The van der Waals surface area contributed by atoms with Crippen LogP contribution in [0.5, 0.6) is 0 Å². The van der Waals surface area contributed by atoms with Crippen molar-refractivity contribution in [3.63, 3.8) is 0 Å². The van der Waals surface area contributed by atoms with Gasteiger partial charge in [0.15, 0.2) is 0 Å². The fraction of sp³-hybridized carbons (Fsp3) is 0.562. The summed E-state index contributed by atoms with van der Waals surface area (Å²) in [5.74, 6) is -1.52. The number of hydrogen-bond donors (Lipinski definition) is 3. The van der Waals surface area contributed by atoms with Crippen LogP contribution < -0.4 is 10.9 Å². The molecule has 0 unspecified atom stereocenters. The average molecular weight is 306 g/mol. The van der Waals surface area contributed by atoms with Crippen LogP contribution in [0.1, 0.15) is 54.7 Å². The lowest BCUT2D eigenvalue weighted by atomic mass is 9.94. The van der Waals surface area contributed by atoms with Crippen LogP contribution in [0, 0.1) is 5.41 Å². The zero-order valence-electron chi connectivity index (χ0n) is 13.0. The third-order valence-corrected chi connectivity index (χ3v) is 4.10. The number of nitrogens with one attached hydrogen (secondary N) is 2. The lowest BCUT2D eigenvalue weighted by molar-refractivity contribution is -0.146. The average Bonchev–Trinajstić information content (AvgIpc) is 2.68. The molecule has 0 saturated carbocycles. The maximum atomic E-state index is 12.2. The van der Waals surface area contributed by atoms with E-state index in [-0.39, 0.29) is 12.1 Å². The maximum Gasteiger partial charge on any atom is 0.310 e. The number of rotatable bonds is 4.